The van der Waals surface area contributed by atoms with E-state index in [2.05, 4.69) is 46.7 Å². The number of amides is 3. The van der Waals surface area contributed by atoms with Gasteiger partial charge < -0.3 is 15.2 Å². The quantitative estimate of drug-likeness (QED) is 0.664. The molecule has 0 radical (unpaired) electrons. The Labute approximate surface area is 179 Å². The smallest absolute Gasteiger partial charge is 0.324 e. The third-order valence-corrected chi connectivity index (χ3v) is 6.65. The minimum atomic E-state index is -0.958. The first-order valence-corrected chi connectivity index (χ1v) is 10.7. The molecule has 0 bridgehead atoms. The molecule has 1 fully saturated rings. The van der Waals surface area contributed by atoms with Crippen LogP contribution in [-0.2, 0) is 10.3 Å². The highest BCUT2D eigenvalue weighted by Gasteiger charge is 2.44. The van der Waals surface area contributed by atoms with Crippen molar-refractivity contribution >= 4 is 39.4 Å². The number of nitrogens with one attached hydrogen (secondary N) is 1. The Morgan fingerprint density at radius 3 is 2.73 bits per heavy atom. The summed E-state index contributed by atoms with van der Waals surface area (Å²) in [6.45, 7) is 8.62. The van der Waals surface area contributed by atoms with Crippen molar-refractivity contribution in [1.29, 1.82) is 0 Å². The van der Waals surface area contributed by atoms with Gasteiger partial charge in [0.2, 0.25) is 5.91 Å². The number of imidazole rings is 1. The van der Waals surface area contributed by atoms with Gasteiger partial charge in [-0.15, -0.1) is 0 Å². The Kier molecular flexibility index (Phi) is 4.80. The van der Waals surface area contributed by atoms with Crippen molar-refractivity contribution in [2.45, 2.75) is 51.6 Å². The van der Waals surface area contributed by atoms with Gasteiger partial charge >= 0.3 is 6.03 Å². The van der Waals surface area contributed by atoms with Crippen LogP contribution < -0.4 is 11.1 Å². The second kappa shape index (κ2) is 7.09. The SMILES string of the molecule is CC(C)(C)n1cnc2ccc(-c3cnc(NC(=O)N4CCC[C@@]4(C)C(N)=O)s3)cc21. The minimum Gasteiger partial charge on any atom is -0.368 e. The maximum absolute atomic E-state index is 12.7. The highest BCUT2D eigenvalue weighted by atomic mass is 32.1. The van der Waals surface area contributed by atoms with Gasteiger partial charge in [-0.1, -0.05) is 17.4 Å². The van der Waals surface area contributed by atoms with E-state index in [-0.39, 0.29) is 11.6 Å². The molecule has 3 amide bonds. The van der Waals surface area contributed by atoms with Crippen LogP contribution in [0, 0.1) is 0 Å². The van der Waals surface area contributed by atoms with Gasteiger partial charge in [0.05, 0.1) is 22.2 Å². The van der Waals surface area contributed by atoms with E-state index < -0.39 is 11.4 Å². The summed E-state index contributed by atoms with van der Waals surface area (Å²) >= 11 is 1.39. The highest BCUT2D eigenvalue weighted by Crippen LogP contribution is 2.34. The van der Waals surface area contributed by atoms with Gasteiger partial charge in [0.25, 0.3) is 0 Å². The number of benzene rings is 1. The zero-order valence-electron chi connectivity index (χ0n) is 17.6. The summed E-state index contributed by atoms with van der Waals surface area (Å²) in [5, 5.41) is 3.31. The molecule has 9 heteroatoms. The summed E-state index contributed by atoms with van der Waals surface area (Å²) in [6.07, 6.45) is 4.92. The summed E-state index contributed by atoms with van der Waals surface area (Å²) < 4.78 is 2.15. The lowest BCUT2D eigenvalue weighted by Crippen LogP contribution is -2.55. The maximum atomic E-state index is 12.7. The van der Waals surface area contributed by atoms with Crippen LogP contribution >= 0.6 is 11.3 Å². The van der Waals surface area contributed by atoms with E-state index in [1.165, 1.54) is 16.2 Å². The minimum absolute atomic E-state index is 0.0803. The predicted molar refractivity (Wildman–Crippen MR) is 118 cm³/mol. The van der Waals surface area contributed by atoms with E-state index in [1.54, 1.807) is 13.1 Å². The second-order valence-corrected chi connectivity index (χ2v) is 9.87. The van der Waals surface area contributed by atoms with Gasteiger partial charge in [0, 0.05) is 18.3 Å². The van der Waals surface area contributed by atoms with Crippen LogP contribution in [0.3, 0.4) is 0 Å². The third-order valence-electron chi connectivity index (χ3n) is 5.69. The van der Waals surface area contributed by atoms with E-state index >= 15 is 0 Å². The van der Waals surface area contributed by atoms with Gasteiger partial charge in [-0.25, -0.2) is 14.8 Å². The van der Waals surface area contributed by atoms with Crippen molar-refractivity contribution in [3.8, 4) is 10.4 Å². The van der Waals surface area contributed by atoms with E-state index in [9.17, 15) is 9.59 Å². The molecule has 1 atom stereocenters. The fraction of sp³-hybridized carbons (Fsp3) is 0.429. The average molecular weight is 427 g/mol. The largest absolute Gasteiger partial charge is 0.368 e. The summed E-state index contributed by atoms with van der Waals surface area (Å²) in [7, 11) is 0. The number of hydrogen-bond acceptors (Lipinski definition) is 5. The summed E-state index contributed by atoms with van der Waals surface area (Å²) in [6, 6.07) is 5.74. The molecule has 4 rings (SSSR count). The predicted octanol–water partition coefficient (Wildman–Crippen LogP) is 3.79. The van der Waals surface area contributed by atoms with Crippen molar-refractivity contribution < 1.29 is 9.59 Å². The zero-order chi connectivity index (χ0) is 21.7. The monoisotopic (exact) mass is 426 g/mol. The zero-order valence-corrected chi connectivity index (χ0v) is 18.4. The molecular formula is C21H26N6O2S. The lowest BCUT2D eigenvalue weighted by Gasteiger charge is -2.31. The number of nitrogens with two attached hydrogens (primary N) is 1. The van der Waals surface area contributed by atoms with Gasteiger partial charge in [-0.05, 0) is 58.2 Å². The van der Waals surface area contributed by atoms with E-state index in [1.807, 2.05) is 18.5 Å². The normalized spacial score (nSPS) is 19.4. The van der Waals surface area contributed by atoms with Crippen molar-refractivity contribution in [3.05, 3.63) is 30.7 Å². The number of hydrogen-bond donors (Lipinski definition) is 2. The summed E-state index contributed by atoms with van der Waals surface area (Å²) in [5.41, 5.74) is 7.49. The number of rotatable bonds is 3. The van der Waals surface area contributed by atoms with Crippen LogP contribution in [0.15, 0.2) is 30.7 Å². The van der Waals surface area contributed by atoms with E-state index in [0.717, 1.165) is 27.9 Å². The lowest BCUT2D eigenvalue weighted by atomic mass is 9.98. The number of nitrogens with zero attached hydrogens (tertiary/aromatic N) is 4. The van der Waals surface area contributed by atoms with Crippen LogP contribution in [0.25, 0.3) is 21.5 Å². The molecule has 2 aromatic heterocycles. The van der Waals surface area contributed by atoms with Crippen LogP contribution in [0.2, 0.25) is 0 Å². The van der Waals surface area contributed by atoms with Gasteiger partial charge in [0.1, 0.15) is 5.54 Å². The Balaban J connectivity index is 1.57. The van der Waals surface area contributed by atoms with Crippen molar-refractivity contribution in [1.82, 2.24) is 19.4 Å². The van der Waals surface area contributed by atoms with Gasteiger partial charge in [0.15, 0.2) is 5.13 Å². The van der Waals surface area contributed by atoms with Crippen LogP contribution in [0.1, 0.15) is 40.5 Å². The second-order valence-electron chi connectivity index (χ2n) is 8.84. The first kappa shape index (κ1) is 20.3. The molecule has 1 aromatic carbocycles. The molecule has 1 aliphatic rings. The van der Waals surface area contributed by atoms with Crippen molar-refractivity contribution in [2.75, 3.05) is 11.9 Å². The van der Waals surface area contributed by atoms with Crippen LogP contribution in [0.4, 0.5) is 9.93 Å². The summed E-state index contributed by atoms with van der Waals surface area (Å²) in [4.78, 5) is 35.9. The Bertz CT molecular complexity index is 1130. The topological polar surface area (TPSA) is 106 Å². The number of fused-ring (bicyclic) bond motifs is 1. The lowest BCUT2D eigenvalue weighted by molar-refractivity contribution is -0.126. The number of urea groups is 1. The summed E-state index contributed by atoms with van der Waals surface area (Å²) in [5.74, 6) is -0.487. The van der Waals surface area contributed by atoms with Gasteiger partial charge in [-0.2, -0.15) is 0 Å². The van der Waals surface area contributed by atoms with Crippen molar-refractivity contribution in [2.24, 2.45) is 5.73 Å². The standard InChI is InChI=1S/C21H26N6O2S/c1-20(2,3)27-12-24-14-7-6-13(10-15(14)27)16-11-23-18(30-16)25-19(29)26-9-5-8-21(26,4)17(22)28/h6-7,10-12H,5,8-9H2,1-4H3,(H2,22,28)(H,23,25,29)/t21-/m0/s1. The first-order valence-electron chi connectivity index (χ1n) is 9.92. The average Bonchev–Trinajstić information content (AvgIpc) is 3.38. The molecule has 1 saturated heterocycles. The fourth-order valence-corrected chi connectivity index (χ4v) is 4.67. The molecule has 0 unspecified atom stereocenters. The third kappa shape index (κ3) is 3.43. The number of anilines is 1. The van der Waals surface area contributed by atoms with Crippen LogP contribution in [0.5, 0.6) is 0 Å². The molecule has 158 valence electrons. The molecule has 0 saturated carbocycles. The Hall–Kier alpha value is -2.94. The number of carbonyl (C=O) groups excluding carboxylic acids is 2. The number of primary amides is 1. The highest BCUT2D eigenvalue weighted by molar-refractivity contribution is 7.19. The molecule has 0 aliphatic carbocycles. The molecule has 0 spiro atoms. The Morgan fingerprint density at radius 1 is 1.27 bits per heavy atom. The number of aromatic nitrogens is 3. The molecule has 3 heterocycles. The number of carbonyl (C=O) groups is 2. The van der Waals surface area contributed by atoms with Crippen molar-refractivity contribution in [3.63, 3.8) is 0 Å². The number of likely N-dealkylation sites (tertiary alicyclic amines) is 1. The van der Waals surface area contributed by atoms with E-state index in [0.29, 0.717) is 18.1 Å². The Morgan fingerprint density at radius 2 is 2.03 bits per heavy atom. The van der Waals surface area contributed by atoms with Crippen LogP contribution in [-0.4, -0.2) is 43.5 Å². The molecule has 8 nitrogen and oxygen atoms in total. The molecule has 30 heavy (non-hydrogen) atoms. The fourth-order valence-electron chi connectivity index (χ4n) is 3.86. The van der Waals surface area contributed by atoms with E-state index in [4.69, 9.17) is 5.73 Å². The molecule has 1 aliphatic heterocycles. The van der Waals surface area contributed by atoms with Gasteiger partial charge in [-0.3, -0.25) is 10.1 Å². The molecule has 3 N–H and O–H groups in total. The number of thiazole rings is 1. The molecular weight excluding hydrogens is 400 g/mol. The molecule has 3 aromatic rings. The maximum Gasteiger partial charge on any atom is 0.324 e. The first-order chi connectivity index (χ1) is 14.1.